The molecule has 6 heteroatoms. The zero-order valence-electron chi connectivity index (χ0n) is 76.5. The molecule has 0 radical (unpaired) electrons. The summed E-state index contributed by atoms with van der Waals surface area (Å²) >= 11 is 0. The molecule has 654 valence electrons. The van der Waals surface area contributed by atoms with Crippen LogP contribution in [-0.4, -0.2) is 27.4 Å². The molecule has 0 aliphatic carbocycles. The third-order valence-corrected chi connectivity index (χ3v) is 28.7. The van der Waals surface area contributed by atoms with Gasteiger partial charge in [0.2, 0.25) is 0 Å². The largest absolute Gasteiger partial charge is 0.309 e. The van der Waals surface area contributed by atoms with Gasteiger partial charge in [-0.15, -0.1) is 0 Å². The van der Waals surface area contributed by atoms with Crippen LogP contribution >= 0.6 is 0 Å². The minimum atomic E-state index is 1.18. The number of hydrogen-bond acceptors (Lipinski definition) is 0. The highest BCUT2D eigenvalue weighted by Gasteiger charge is 2.23. The fraction of sp³-hybridized carbons (Fsp3) is 0. The van der Waals surface area contributed by atoms with E-state index in [-0.39, 0.29) is 0 Å². The van der Waals surface area contributed by atoms with E-state index in [2.05, 4.69) is 561 Å². The third kappa shape index (κ3) is 13.7. The van der Waals surface area contributed by atoms with E-state index in [1.54, 1.807) is 0 Å². The maximum absolute atomic E-state index is 2.40. The van der Waals surface area contributed by atoms with Gasteiger partial charge in [0.05, 0.1) is 66.2 Å². The number of fused-ring (bicyclic) bond motifs is 20. The molecule has 0 amide bonds. The van der Waals surface area contributed by atoms with Crippen molar-refractivity contribution >= 4 is 152 Å². The lowest BCUT2D eigenvalue weighted by Crippen LogP contribution is -1.93. The smallest absolute Gasteiger partial charge is 0.0541 e. The first-order chi connectivity index (χ1) is 69.5. The molecule has 0 fully saturated rings. The Balaban J connectivity index is 0.000000106. The van der Waals surface area contributed by atoms with Crippen LogP contribution in [-0.2, 0) is 0 Å². The first-order valence-electron chi connectivity index (χ1n) is 48.2. The first kappa shape index (κ1) is 81.0. The lowest BCUT2D eigenvalue weighted by Gasteiger charge is -2.13. The van der Waals surface area contributed by atoms with Gasteiger partial charge >= 0.3 is 0 Å². The predicted molar refractivity (Wildman–Crippen MR) is 593 cm³/mol. The molecule has 0 aliphatic rings. The van der Waals surface area contributed by atoms with Crippen LogP contribution in [0.1, 0.15) is 0 Å². The van der Waals surface area contributed by atoms with E-state index in [1.807, 2.05) is 0 Å². The molecular formula is C134H88N6. The lowest BCUT2D eigenvalue weighted by atomic mass is 9.91. The molecule has 29 aromatic rings. The van der Waals surface area contributed by atoms with Crippen molar-refractivity contribution in [2.24, 2.45) is 0 Å². The summed E-state index contributed by atoms with van der Waals surface area (Å²) in [5.74, 6) is 0. The van der Waals surface area contributed by atoms with E-state index in [4.69, 9.17) is 0 Å². The highest BCUT2D eigenvalue weighted by molar-refractivity contribution is 6.18. The van der Waals surface area contributed by atoms with Gasteiger partial charge in [0.15, 0.2) is 0 Å². The van der Waals surface area contributed by atoms with Crippen LogP contribution in [0.15, 0.2) is 534 Å². The van der Waals surface area contributed by atoms with Gasteiger partial charge in [-0.3, -0.25) is 0 Å². The fourth-order valence-electron chi connectivity index (χ4n) is 22.3. The van der Waals surface area contributed by atoms with Crippen LogP contribution in [0, 0.1) is 0 Å². The average molecular weight is 1780 g/mol. The highest BCUT2D eigenvalue weighted by atomic mass is 15.0. The first-order valence-corrected chi connectivity index (χ1v) is 48.2. The molecule has 0 saturated carbocycles. The van der Waals surface area contributed by atoms with Gasteiger partial charge in [-0.2, -0.15) is 0 Å². The van der Waals surface area contributed by atoms with Crippen LogP contribution in [0.25, 0.3) is 253 Å². The summed E-state index contributed by atoms with van der Waals surface area (Å²) in [5, 5.41) is 20.2. The molecule has 0 spiro atoms. The number of para-hydroxylation sites is 11. The molecule has 0 saturated heterocycles. The minimum absolute atomic E-state index is 1.18. The zero-order chi connectivity index (χ0) is 92.2. The van der Waals surface area contributed by atoms with Crippen LogP contribution in [0.5, 0.6) is 0 Å². The van der Waals surface area contributed by atoms with E-state index in [1.165, 1.54) is 253 Å². The number of rotatable bonds is 12. The van der Waals surface area contributed by atoms with Gasteiger partial charge in [-0.1, -0.05) is 346 Å². The topological polar surface area (TPSA) is 29.6 Å². The summed E-state index contributed by atoms with van der Waals surface area (Å²) in [6.45, 7) is 0. The maximum Gasteiger partial charge on any atom is 0.0541 e. The Morgan fingerprint density at radius 3 is 0.593 bits per heavy atom. The van der Waals surface area contributed by atoms with Crippen molar-refractivity contribution in [3.05, 3.63) is 534 Å². The monoisotopic (exact) mass is 1780 g/mol. The van der Waals surface area contributed by atoms with Crippen LogP contribution < -0.4 is 0 Å². The van der Waals surface area contributed by atoms with Crippen molar-refractivity contribution < 1.29 is 0 Å². The number of nitrogens with zero attached hydrogens (tertiary/aromatic N) is 6. The number of benzene rings is 23. The normalized spacial score (nSPS) is 11.7. The Hall–Kier alpha value is -18.6. The van der Waals surface area contributed by atoms with Crippen LogP contribution in [0.3, 0.4) is 0 Å². The predicted octanol–water partition coefficient (Wildman–Crippen LogP) is 36.0. The Labute approximate surface area is 808 Å². The summed E-state index contributed by atoms with van der Waals surface area (Å²) in [5.41, 5.74) is 36.4. The van der Waals surface area contributed by atoms with Crippen molar-refractivity contribution in [2.45, 2.75) is 0 Å². The molecule has 6 aromatic heterocycles. The Kier molecular flexibility index (Phi) is 19.5. The Morgan fingerprint density at radius 2 is 0.300 bits per heavy atom. The van der Waals surface area contributed by atoms with Gasteiger partial charge < -0.3 is 27.4 Å². The number of aromatic nitrogens is 6. The van der Waals surface area contributed by atoms with Crippen LogP contribution in [0.4, 0.5) is 0 Å². The standard InChI is InChI=1S/2C46H30N2.C42H28N2/c1-3-13-33(14-4-1)47-43-21-11-9-19-39(43)41-29-31(23-27-45(41)47)35-25-26-36(38-18-8-7-17-37(35)38)32-24-28-46-42(30-32)40-20-10-12-22-44(40)48(46)34-15-5-2-6-16-34;1-2-12-37(13-3-1)47-43-16-8-6-14-39(43)41-29-35(23-26-45(41)47)32-18-20-33(21-19-32)36-24-27-46-42(30-36)40-15-7-9-17-44(40)48(46)38-25-22-31-10-4-5-11-34(31)28-38;1-3-14-33(15-4-1)43-39-20-9-7-18-35(39)37-27-31(22-24-41(37)43)29-12-11-13-30(26-29)32-23-25-42-38(28-32)36-19-8-10-21-40(36)44(42)34-16-5-2-6-17-34/h2*1-30H;1-28H. The molecule has 29 rings (SSSR count). The summed E-state index contributed by atoms with van der Waals surface area (Å²) in [6.07, 6.45) is 0. The molecule has 0 atom stereocenters. The van der Waals surface area contributed by atoms with Crippen molar-refractivity contribution in [2.75, 3.05) is 0 Å². The SMILES string of the molecule is c1ccc(-n2c3ccccc3c3cc(-c4ccc(-c5ccc6c(c5)c5ccccc5n6-c5ccc6ccccc6c5)cc4)ccc32)cc1.c1ccc(-n2c3ccccc3c3cc(-c4ccc(-c5ccc6c(c5)c5ccccc5n6-c5ccccc5)c5ccccc45)ccc32)cc1.c1ccc(-n2c3ccccc3c3cc(-c4cccc(-c5ccc6c(c5)c5ccccc5n6-c5ccccc5)c4)ccc32)cc1. The molecule has 140 heavy (non-hydrogen) atoms. The second kappa shape index (κ2) is 33.8. The second-order valence-electron chi connectivity index (χ2n) is 36.6. The van der Waals surface area contributed by atoms with Crippen molar-refractivity contribution in [1.82, 2.24) is 27.4 Å². The highest BCUT2D eigenvalue weighted by Crippen LogP contribution is 2.46. The van der Waals surface area contributed by atoms with Crippen molar-refractivity contribution in [1.29, 1.82) is 0 Å². The van der Waals surface area contributed by atoms with E-state index in [9.17, 15) is 0 Å². The minimum Gasteiger partial charge on any atom is -0.309 e. The van der Waals surface area contributed by atoms with E-state index >= 15 is 0 Å². The van der Waals surface area contributed by atoms with Crippen molar-refractivity contribution in [3.8, 4) is 101 Å². The zero-order valence-corrected chi connectivity index (χ0v) is 76.5. The lowest BCUT2D eigenvalue weighted by molar-refractivity contribution is 1.18. The summed E-state index contributed by atoms with van der Waals surface area (Å²) < 4.78 is 14.2. The van der Waals surface area contributed by atoms with E-state index in [0.717, 1.165) is 0 Å². The maximum atomic E-state index is 2.40. The Morgan fingerprint density at radius 1 is 0.0929 bits per heavy atom. The van der Waals surface area contributed by atoms with Gasteiger partial charge in [0, 0.05) is 98.8 Å². The third-order valence-electron chi connectivity index (χ3n) is 28.7. The molecule has 0 bridgehead atoms. The van der Waals surface area contributed by atoms with Gasteiger partial charge in [-0.05, 0) is 276 Å². The summed E-state index contributed by atoms with van der Waals surface area (Å²) in [7, 11) is 0. The van der Waals surface area contributed by atoms with Crippen LogP contribution in [0.2, 0.25) is 0 Å². The van der Waals surface area contributed by atoms with E-state index in [0.29, 0.717) is 0 Å². The second-order valence-corrected chi connectivity index (χ2v) is 36.6. The molecule has 0 unspecified atom stereocenters. The fourth-order valence-corrected chi connectivity index (χ4v) is 22.3. The average Bonchev–Trinajstić information content (AvgIpc) is 1.59. The van der Waals surface area contributed by atoms with Crippen molar-refractivity contribution in [3.63, 3.8) is 0 Å². The number of hydrogen-bond donors (Lipinski definition) is 0. The van der Waals surface area contributed by atoms with Gasteiger partial charge in [0.1, 0.15) is 0 Å². The molecular weight excluding hydrogens is 1690 g/mol. The molecule has 6 heterocycles. The quantitative estimate of drug-likeness (QED) is 0.117. The summed E-state index contributed by atoms with van der Waals surface area (Å²) in [6, 6.07) is 194. The summed E-state index contributed by atoms with van der Waals surface area (Å²) in [4.78, 5) is 0. The molecule has 23 aromatic carbocycles. The molecule has 6 nitrogen and oxygen atoms in total. The molecule has 0 aliphatic heterocycles. The van der Waals surface area contributed by atoms with Gasteiger partial charge in [0.25, 0.3) is 0 Å². The van der Waals surface area contributed by atoms with E-state index < -0.39 is 0 Å². The molecule has 0 N–H and O–H groups in total. The Bertz CT molecular complexity index is 9550. The van der Waals surface area contributed by atoms with Gasteiger partial charge in [-0.25, -0.2) is 0 Å².